The molecule has 20 heavy (non-hydrogen) atoms. The smallest absolute Gasteiger partial charge is 0.245 e. The second-order valence-corrected chi connectivity index (χ2v) is 6.27. The Balaban J connectivity index is 2.14. The van der Waals surface area contributed by atoms with Gasteiger partial charge in [0.15, 0.2) is 0 Å². The molecule has 1 aromatic heterocycles. The molecule has 2 heterocycles. The van der Waals surface area contributed by atoms with Crippen molar-refractivity contribution in [2.24, 2.45) is 5.92 Å². The lowest BCUT2D eigenvalue weighted by Crippen LogP contribution is -2.48. The zero-order valence-electron chi connectivity index (χ0n) is 12.2. The van der Waals surface area contributed by atoms with Crippen LogP contribution < -0.4 is 5.32 Å². The van der Waals surface area contributed by atoms with E-state index in [1.54, 1.807) is 16.2 Å². The van der Waals surface area contributed by atoms with Crippen LogP contribution in [0.1, 0.15) is 37.4 Å². The van der Waals surface area contributed by atoms with E-state index in [-0.39, 0.29) is 17.7 Å². The van der Waals surface area contributed by atoms with E-state index in [9.17, 15) is 9.59 Å². The van der Waals surface area contributed by atoms with E-state index < -0.39 is 6.04 Å². The van der Waals surface area contributed by atoms with Crippen molar-refractivity contribution < 1.29 is 9.59 Å². The number of aromatic nitrogens is 1. The van der Waals surface area contributed by atoms with Crippen molar-refractivity contribution in [1.29, 1.82) is 0 Å². The normalized spacial score (nSPS) is 21.6. The minimum absolute atomic E-state index is 0.0121. The molecule has 2 amide bonds. The Labute approximate surface area is 123 Å². The average molecular weight is 295 g/mol. The molecule has 110 valence electrons. The van der Waals surface area contributed by atoms with Gasteiger partial charge in [0.05, 0.1) is 6.54 Å². The first-order valence-electron chi connectivity index (χ1n) is 7.00. The highest BCUT2D eigenvalue weighted by Crippen LogP contribution is 2.18. The SMILES string of the molecule is CCC(C)C1NC(=O)CCN(Cc2nc(C)cs2)C1=O. The molecule has 0 bridgehead atoms. The van der Waals surface area contributed by atoms with Crippen LogP contribution in [0.15, 0.2) is 5.38 Å². The van der Waals surface area contributed by atoms with E-state index >= 15 is 0 Å². The number of aryl methyl sites for hydroxylation is 1. The summed E-state index contributed by atoms with van der Waals surface area (Å²) in [6.45, 7) is 6.94. The van der Waals surface area contributed by atoms with Crippen molar-refractivity contribution in [3.05, 3.63) is 16.1 Å². The maximum atomic E-state index is 12.6. The topological polar surface area (TPSA) is 62.3 Å². The minimum atomic E-state index is -0.406. The lowest BCUT2D eigenvalue weighted by Gasteiger charge is -2.26. The minimum Gasteiger partial charge on any atom is -0.344 e. The van der Waals surface area contributed by atoms with E-state index in [2.05, 4.69) is 10.3 Å². The Kier molecular flexibility index (Phi) is 4.75. The van der Waals surface area contributed by atoms with Gasteiger partial charge in [0.25, 0.3) is 0 Å². The van der Waals surface area contributed by atoms with Gasteiger partial charge in [0.1, 0.15) is 11.0 Å². The summed E-state index contributed by atoms with van der Waals surface area (Å²) in [4.78, 5) is 30.5. The maximum absolute atomic E-state index is 12.6. The molecule has 5 nitrogen and oxygen atoms in total. The summed E-state index contributed by atoms with van der Waals surface area (Å²) in [5.41, 5.74) is 0.972. The molecule has 1 aliphatic heterocycles. The molecule has 1 saturated heterocycles. The molecule has 0 saturated carbocycles. The third-order valence-corrected chi connectivity index (χ3v) is 4.66. The number of rotatable bonds is 4. The first-order chi connectivity index (χ1) is 9.51. The standard InChI is InChI=1S/C14H21N3O2S/c1-4-9(2)13-14(19)17(6-5-11(18)16-13)7-12-15-10(3)8-20-12/h8-9,13H,4-7H2,1-3H3,(H,16,18). The van der Waals surface area contributed by atoms with Crippen molar-refractivity contribution in [3.63, 3.8) is 0 Å². The van der Waals surface area contributed by atoms with Gasteiger partial charge in [0.2, 0.25) is 11.8 Å². The quantitative estimate of drug-likeness (QED) is 0.920. The predicted octanol–water partition coefficient (Wildman–Crippen LogP) is 1.71. The first kappa shape index (κ1) is 15.0. The molecule has 2 rings (SSSR count). The van der Waals surface area contributed by atoms with Crippen molar-refractivity contribution in [2.45, 2.75) is 46.2 Å². The lowest BCUT2D eigenvalue weighted by molar-refractivity contribution is -0.135. The Bertz CT molecular complexity index is 500. The van der Waals surface area contributed by atoms with Crippen LogP contribution in [0.25, 0.3) is 0 Å². The highest BCUT2D eigenvalue weighted by atomic mass is 32.1. The van der Waals surface area contributed by atoms with Gasteiger partial charge >= 0.3 is 0 Å². The van der Waals surface area contributed by atoms with E-state index in [4.69, 9.17) is 0 Å². The monoisotopic (exact) mass is 295 g/mol. The molecule has 1 N–H and O–H groups in total. The van der Waals surface area contributed by atoms with E-state index in [0.717, 1.165) is 17.1 Å². The van der Waals surface area contributed by atoms with Crippen LogP contribution in [-0.2, 0) is 16.1 Å². The Morgan fingerprint density at radius 1 is 1.55 bits per heavy atom. The fourth-order valence-corrected chi connectivity index (χ4v) is 3.05. The number of thiazole rings is 1. The van der Waals surface area contributed by atoms with Gasteiger partial charge in [-0.1, -0.05) is 20.3 Å². The highest BCUT2D eigenvalue weighted by Gasteiger charge is 2.33. The number of hydrogen-bond donors (Lipinski definition) is 1. The Hall–Kier alpha value is -1.43. The van der Waals surface area contributed by atoms with E-state index in [1.165, 1.54) is 0 Å². The summed E-state index contributed by atoms with van der Waals surface area (Å²) < 4.78 is 0. The largest absolute Gasteiger partial charge is 0.344 e. The van der Waals surface area contributed by atoms with Crippen molar-refractivity contribution in [2.75, 3.05) is 6.54 Å². The number of nitrogens with one attached hydrogen (secondary N) is 1. The lowest BCUT2D eigenvalue weighted by atomic mass is 9.98. The summed E-state index contributed by atoms with van der Waals surface area (Å²) in [7, 11) is 0. The number of amides is 2. The van der Waals surface area contributed by atoms with Gasteiger partial charge < -0.3 is 10.2 Å². The van der Waals surface area contributed by atoms with Crippen molar-refractivity contribution in [3.8, 4) is 0 Å². The molecule has 2 atom stereocenters. The zero-order chi connectivity index (χ0) is 14.7. The van der Waals surface area contributed by atoms with Gasteiger partial charge in [0, 0.05) is 24.0 Å². The van der Waals surface area contributed by atoms with Crippen LogP contribution in [-0.4, -0.2) is 34.3 Å². The first-order valence-corrected chi connectivity index (χ1v) is 7.88. The molecule has 2 unspecified atom stereocenters. The van der Waals surface area contributed by atoms with Gasteiger partial charge in [-0.3, -0.25) is 9.59 Å². The molecule has 1 aromatic rings. The maximum Gasteiger partial charge on any atom is 0.245 e. The zero-order valence-corrected chi connectivity index (χ0v) is 13.0. The third kappa shape index (κ3) is 3.36. The summed E-state index contributed by atoms with van der Waals surface area (Å²) in [6, 6.07) is -0.406. The van der Waals surface area contributed by atoms with Crippen molar-refractivity contribution in [1.82, 2.24) is 15.2 Å². The summed E-state index contributed by atoms with van der Waals surface area (Å²) in [6.07, 6.45) is 1.23. The summed E-state index contributed by atoms with van der Waals surface area (Å²) in [5.74, 6) is 0.115. The molecule has 0 spiro atoms. The molecule has 6 heteroatoms. The molecule has 1 fully saturated rings. The second kappa shape index (κ2) is 6.35. The average Bonchev–Trinajstić information content (AvgIpc) is 2.78. The van der Waals surface area contributed by atoms with Crippen LogP contribution in [0.4, 0.5) is 0 Å². The van der Waals surface area contributed by atoms with E-state index in [0.29, 0.717) is 19.5 Å². The number of hydrogen-bond acceptors (Lipinski definition) is 4. The molecule has 0 aromatic carbocycles. The van der Waals surface area contributed by atoms with Gasteiger partial charge in [-0.25, -0.2) is 4.98 Å². The van der Waals surface area contributed by atoms with Crippen LogP contribution in [0.5, 0.6) is 0 Å². The number of nitrogens with zero attached hydrogens (tertiary/aromatic N) is 2. The van der Waals surface area contributed by atoms with Crippen LogP contribution >= 0.6 is 11.3 Å². The van der Waals surface area contributed by atoms with E-state index in [1.807, 2.05) is 26.2 Å². The molecule has 0 aliphatic carbocycles. The molecule has 1 aliphatic rings. The fraction of sp³-hybridized carbons (Fsp3) is 0.643. The van der Waals surface area contributed by atoms with Crippen molar-refractivity contribution >= 4 is 23.2 Å². The van der Waals surface area contributed by atoms with Crippen LogP contribution in [0.2, 0.25) is 0 Å². The Morgan fingerprint density at radius 3 is 2.90 bits per heavy atom. The third-order valence-electron chi connectivity index (χ3n) is 3.71. The molecular formula is C14H21N3O2S. The van der Waals surface area contributed by atoms with Gasteiger partial charge in [-0.15, -0.1) is 11.3 Å². The summed E-state index contributed by atoms with van der Waals surface area (Å²) >= 11 is 1.56. The van der Waals surface area contributed by atoms with Gasteiger partial charge in [-0.2, -0.15) is 0 Å². The fourth-order valence-electron chi connectivity index (χ4n) is 2.27. The predicted molar refractivity (Wildman–Crippen MR) is 78.3 cm³/mol. The van der Waals surface area contributed by atoms with Gasteiger partial charge in [-0.05, 0) is 12.8 Å². The number of carbonyl (C=O) groups is 2. The van der Waals surface area contributed by atoms with Crippen LogP contribution in [0.3, 0.4) is 0 Å². The summed E-state index contributed by atoms with van der Waals surface area (Å²) in [5, 5.41) is 5.76. The molecule has 0 radical (unpaired) electrons. The highest BCUT2D eigenvalue weighted by molar-refractivity contribution is 7.09. The second-order valence-electron chi connectivity index (χ2n) is 5.32. The van der Waals surface area contributed by atoms with Crippen LogP contribution in [0, 0.1) is 12.8 Å². The Morgan fingerprint density at radius 2 is 2.30 bits per heavy atom. The number of carbonyl (C=O) groups excluding carboxylic acids is 2. The molecular weight excluding hydrogens is 274 g/mol.